The van der Waals surface area contributed by atoms with Crippen molar-refractivity contribution in [3.05, 3.63) is 59.8 Å². The molecule has 0 saturated carbocycles. The van der Waals surface area contributed by atoms with Crippen LogP contribution in [-0.4, -0.2) is 48.5 Å². The van der Waals surface area contributed by atoms with Gasteiger partial charge >= 0.3 is 0 Å². The van der Waals surface area contributed by atoms with E-state index in [0.29, 0.717) is 17.1 Å². The number of hydrogen-bond donors (Lipinski definition) is 2. The van der Waals surface area contributed by atoms with Gasteiger partial charge < -0.3 is 20.4 Å². The molecule has 0 fully saturated rings. The third kappa shape index (κ3) is 4.55. The number of amides is 2. The highest BCUT2D eigenvalue weighted by Crippen LogP contribution is 2.32. The van der Waals surface area contributed by atoms with Crippen molar-refractivity contribution in [2.75, 3.05) is 12.4 Å². The Hall–Kier alpha value is -4.68. The first kappa shape index (κ1) is 23.5. The van der Waals surface area contributed by atoms with E-state index in [-0.39, 0.29) is 35.0 Å². The first-order chi connectivity index (χ1) is 16.7. The monoisotopic (exact) mass is 482 g/mol. The Labute approximate surface area is 197 Å². The van der Waals surface area contributed by atoms with Crippen LogP contribution < -0.4 is 15.8 Å². The molecule has 0 radical (unpaired) electrons. The first-order valence-electron chi connectivity index (χ1n) is 10.2. The van der Waals surface area contributed by atoms with Crippen LogP contribution in [0.3, 0.4) is 0 Å². The summed E-state index contributed by atoms with van der Waals surface area (Å²) in [4.78, 5) is 27.6. The molecule has 0 aliphatic heterocycles. The lowest BCUT2D eigenvalue weighted by Crippen LogP contribution is -2.20. The number of nitrogens with one attached hydrogen (secondary N) is 1. The van der Waals surface area contributed by atoms with Crippen molar-refractivity contribution in [1.29, 1.82) is 0 Å². The molecule has 0 atom stereocenters. The van der Waals surface area contributed by atoms with Crippen LogP contribution in [0.15, 0.2) is 36.7 Å². The van der Waals surface area contributed by atoms with Crippen molar-refractivity contribution in [1.82, 2.24) is 29.5 Å². The largest absolute Gasteiger partial charge is 0.480 e. The fourth-order valence-electron chi connectivity index (χ4n) is 3.53. The van der Waals surface area contributed by atoms with Crippen molar-refractivity contribution < 1.29 is 23.1 Å². The summed E-state index contributed by atoms with van der Waals surface area (Å²) in [5.41, 5.74) is 6.02. The van der Waals surface area contributed by atoms with Gasteiger partial charge in [0.25, 0.3) is 5.91 Å². The number of primary amides is 1. The summed E-state index contributed by atoms with van der Waals surface area (Å²) < 4.78 is 37.6. The van der Waals surface area contributed by atoms with Gasteiger partial charge in [-0.1, -0.05) is 6.07 Å². The van der Waals surface area contributed by atoms with Crippen LogP contribution in [0.25, 0.3) is 22.4 Å². The average molecular weight is 482 g/mol. The number of carbonyl (C=O) groups is 2. The lowest BCUT2D eigenvalue weighted by Gasteiger charge is -2.09. The fraction of sp³-hybridized carbons (Fsp3) is 0.182. The van der Waals surface area contributed by atoms with E-state index in [1.807, 2.05) is 0 Å². The van der Waals surface area contributed by atoms with Gasteiger partial charge in [0.15, 0.2) is 23.3 Å². The summed E-state index contributed by atoms with van der Waals surface area (Å²) in [6.45, 7) is 1.42. The number of halogens is 2. The first-order valence-corrected chi connectivity index (χ1v) is 10.2. The minimum atomic E-state index is -1.12. The van der Waals surface area contributed by atoms with Gasteiger partial charge in [0.2, 0.25) is 11.8 Å². The minimum Gasteiger partial charge on any atom is -0.480 e. The third-order valence-electron chi connectivity index (χ3n) is 5.23. The van der Waals surface area contributed by atoms with Gasteiger partial charge in [-0.3, -0.25) is 14.3 Å². The quantitative estimate of drug-likeness (QED) is 0.410. The molecule has 3 N–H and O–H groups in total. The van der Waals surface area contributed by atoms with E-state index < -0.39 is 23.4 Å². The molecule has 180 valence electrons. The molecule has 0 bridgehead atoms. The van der Waals surface area contributed by atoms with Crippen LogP contribution in [0.4, 0.5) is 14.6 Å². The smallest absolute Gasteiger partial charge is 0.284 e. The van der Waals surface area contributed by atoms with Gasteiger partial charge in [-0.15, -0.1) is 10.2 Å². The summed E-state index contributed by atoms with van der Waals surface area (Å²) in [5, 5.41) is 14.4. The maximum atomic E-state index is 15.1. The fourth-order valence-corrected chi connectivity index (χ4v) is 3.53. The molecule has 35 heavy (non-hydrogen) atoms. The molecular formula is C22H20F2N8O3. The highest BCUT2D eigenvalue weighted by molar-refractivity contribution is 5.90. The Morgan fingerprint density at radius 1 is 1.09 bits per heavy atom. The van der Waals surface area contributed by atoms with Gasteiger partial charge in [0, 0.05) is 36.0 Å². The Bertz CT molecular complexity index is 1430. The molecule has 11 nitrogen and oxygen atoms in total. The van der Waals surface area contributed by atoms with E-state index in [1.54, 1.807) is 13.0 Å². The predicted octanol–water partition coefficient (Wildman–Crippen LogP) is 2.07. The Morgan fingerprint density at radius 2 is 1.80 bits per heavy atom. The molecule has 13 heteroatoms. The number of hydrogen-bond acceptors (Lipinski definition) is 7. The lowest BCUT2D eigenvalue weighted by atomic mass is 10.0. The SMILES string of the molecule is COc1ccc(NC(=O)Cn2cc(-c3ccc(-c4cnc(C(N)=O)n4C)c(F)c3F)c(C)n2)nn1. The number of anilines is 1. The average Bonchev–Trinajstić information content (AvgIpc) is 3.38. The Kier molecular flexibility index (Phi) is 6.23. The van der Waals surface area contributed by atoms with E-state index in [9.17, 15) is 9.59 Å². The number of benzene rings is 1. The molecule has 1 aromatic carbocycles. The minimum absolute atomic E-state index is 0.0336. The van der Waals surface area contributed by atoms with E-state index in [1.165, 1.54) is 54.0 Å². The Balaban J connectivity index is 1.57. The maximum Gasteiger partial charge on any atom is 0.284 e. The lowest BCUT2D eigenvalue weighted by molar-refractivity contribution is -0.116. The zero-order chi connectivity index (χ0) is 25.3. The molecule has 0 aliphatic carbocycles. The van der Waals surface area contributed by atoms with Crippen LogP contribution in [0, 0.1) is 18.6 Å². The standard InChI is InChI=1S/C22H20F2N8O3/c1-11-14(9-32(30-11)10-17(33)27-16-6-7-18(35-3)29-28-16)12-4-5-13(20(24)19(12)23)15-8-26-22(21(25)34)31(15)2/h4-9H,10H2,1-3H3,(H2,25,34)(H,27,28,33). The number of aromatic nitrogens is 6. The summed E-state index contributed by atoms with van der Waals surface area (Å²) >= 11 is 0. The number of aryl methyl sites for hydroxylation is 1. The molecule has 2 amide bonds. The molecule has 0 aliphatic rings. The van der Waals surface area contributed by atoms with Gasteiger partial charge in [-0.05, 0) is 19.1 Å². The van der Waals surface area contributed by atoms with Crippen molar-refractivity contribution in [3.63, 3.8) is 0 Å². The zero-order valence-electron chi connectivity index (χ0n) is 18.9. The van der Waals surface area contributed by atoms with Gasteiger partial charge in [-0.25, -0.2) is 13.8 Å². The molecular weight excluding hydrogens is 462 g/mol. The van der Waals surface area contributed by atoms with Crippen LogP contribution in [0.1, 0.15) is 16.3 Å². The zero-order valence-corrected chi connectivity index (χ0v) is 18.9. The molecule has 4 aromatic rings. The number of nitrogens with zero attached hydrogens (tertiary/aromatic N) is 6. The van der Waals surface area contributed by atoms with Gasteiger partial charge in [-0.2, -0.15) is 5.10 Å². The summed E-state index contributed by atoms with van der Waals surface area (Å²) in [7, 11) is 2.92. The molecule has 3 aromatic heterocycles. The van der Waals surface area contributed by atoms with E-state index in [2.05, 4.69) is 25.6 Å². The number of carbonyl (C=O) groups excluding carboxylic acids is 2. The summed E-state index contributed by atoms with van der Waals surface area (Å²) in [6, 6.07) is 5.84. The molecule has 0 spiro atoms. The highest BCUT2D eigenvalue weighted by Gasteiger charge is 2.22. The maximum absolute atomic E-state index is 15.1. The molecule has 3 heterocycles. The number of rotatable bonds is 7. The van der Waals surface area contributed by atoms with Gasteiger partial charge in [0.1, 0.15) is 6.54 Å². The number of ether oxygens (including phenoxy) is 1. The summed E-state index contributed by atoms with van der Waals surface area (Å²) in [6.07, 6.45) is 2.69. The van der Waals surface area contributed by atoms with Crippen LogP contribution in [-0.2, 0) is 18.4 Å². The third-order valence-corrected chi connectivity index (χ3v) is 5.23. The second kappa shape index (κ2) is 9.29. The topological polar surface area (TPSA) is 143 Å². The van der Waals surface area contributed by atoms with Gasteiger partial charge in [0.05, 0.1) is 24.7 Å². The van der Waals surface area contributed by atoms with E-state index in [0.717, 1.165) is 0 Å². The second-order valence-corrected chi connectivity index (χ2v) is 7.51. The van der Waals surface area contributed by atoms with Crippen molar-refractivity contribution >= 4 is 17.6 Å². The van der Waals surface area contributed by atoms with Crippen molar-refractivity contribution in [3.8, 4) is 28.3 Å². The van der Waals surface area contributed by atoms with Crippen molar-refractivity contribution in [2.45, 2.75) is 13.5 Å². The summed E-state index contributed by atoms with van der Waals surface area (Å²) in [5.74, 6) is -3.02. The Morgan fingerprint density at radius 3 is 2.43 bits per heavy atom. The molecule has 0 saturated heterocycles. The highest BCUT2D eigenvalue weighted by atomic mass is 19.2. The van der Waals surface area contributed by atoms with E-state index >= 15 is 8.78 Å². The second-order valence-electron chi connectivity index (χ2n) is 7.51. The van der Waals surface area contributed by atoms with E-state index in [4.69, 9.17) is 10.5 Å². The molecule has 0 unspecified atom stereocenters. The molecule has 4 rings (SSSR count). The van der Waals surface area contributed by atoms with Crippen LogP contribution in [0.2, 0.25) is 0 Å². The number of methoxy groups -OCH3 is 1. The number of imidazole rings is 1. The number of nitrogens with two attached hydrogens (primary N) is 1. The van der Waals surface area contributed by atoms with Crippen LogP contribution in [0.5, 0.6) is 5.88 Å². The predicted molar refractivity (Wildman–Crippen MR) is 120 cm³/mol. The van der Waals surface area contributed by atoms with Crippen molar-refractivity contribution in [2.24, 2.45) is 12.8 Å². The van der Waals surface area contributed by atoms with Crippen LogP contribution >= 0.6 is 0 Å². The normalized spacial score (nSPS) is 10.9.